The Balaban J connectivity index is 2.11. The van der Waals surface area contributed by atoms with Crippen molar-refractivity contribution in [1.82, 2.24) is 0 Å². The van der Waals surface area contributed by atoms with Crippen LogP contribution < -0.4 is 0 Å². The number of hydrogen-bond donors (Lipinski definition) is 0. The van der Waals surface area contributed by atoms with Crippen molar-refractivity contribution in [2.24, 2.45) is 0 Å². The zero-order valence-electron chi connectivity index (χ0n) is 8.11. The lowest BCUT2D eigenvalue weighted by atomic mass is 10.0. The van der Waals surface area contributed by atoms with Crippen molar-refractivity contribution in [3.8, 4) is 0 Å². The maximum atomic E-state index is 5.49. The fourth-order valence-corrected chi connectivity index (χ4v) is 1.57. The molecule has 1 unspecified atom stereocenters. The first-order valence-electron chi connectivity index (χ1n) is 4.82. The van der Waals surface area contributed by atoms with Gasteiger partial charge in [-0.25, -0.2) is 0 Å². The summed E-state index contributed by atoms with van der Waals surface area (Å²) in [5.41, 5.74) is 2.36. The van der Waals surface area contributed by atoms with Crippen LogP contribution in [0.5, 0.6) is 0 Å². The van der Waals surface area contributed by atoms with Crippen LogP contribution in [0, 0.1) is 0 Å². The van der Waals surface area contributed by atoms with Crippen LogP contribution in [0.2, 0.25) is 0 Å². The van der Waals surface area contributed by atoms with Crippen LogP contribution in [0.4, 0.5) is 0 Å². The lowest BCUT2D eigenvalue weighted by Gasteiger charge is -2.23. The second-order valence-corrected chi connectivity index (χ2v) is 3.34. The lowest BCUT2D eigenvalue weighted by molar-refractivity contribution is -0.140. The van der Waals surface area contributed by atoms with Crippen molar-refractivity contribution < 1.29 is 9.47 Å². The van der Waals surface area contributed by atoms with E-state index in [1.165, 1.54) is 5.56 Å². The van der Waals surface area contributed by atoms with E-state index >= 15 is 0 Å². The van der Waals surface area contributed by atoms with Gasteiger partial charge in [-0.05, 0) is 11.1 Å². The summed E-state index contributed by atoms with van der Waals surface area (Å²) in [6.45, 7) is 4.92. The van der Waals surface area contributed by atoms with E-state index in [-0.39, 0.29) is 6.10 Å². The van der Waals surface area contributed by atoms with Gasteiger partial charge in [0.2, 0.25) is 0 Å². The fourth-order valence-electron chi connectivity index (χ4n) is 1.57. The molecule has 0 bridgehead atoms. The molecule has 0 amide bonds. The predicted octanol–water partition coefficient (Wildman–Crippen LogP) is 2.77. The summed E-state index contributed by atoms with van der Waals surface area (Å²) in [6, 6.07) is 8.29. The molecule has 1 aliphatic heterocycles. The Morgan fingerprint density at radius 1 is 1.29 bits per heavy atom. The maximum absolute atomic E-state index is 5.49. The van der Waals surface area contributed by atoms with Crippen LogP contribution in [0.25, 0.3) is 6.08 Å². The Morgan fingerprint density at radius 3 is 2.64 bits per heavy atom. The van der Waals surface area contributed by atoms with Crippen LogP contribution >= 0.6 is 0 Å². The summed E-state index contributed by atoms with van der Waals surface area (Å²) in [5, 5.41) is 0. The minimum atomic E-state index is 0.197. The van der Waals surface area contributed by atoms with Crippen molar-refractivity contribution in [2.75, 3.05) is 13.4 Å². The van der Waals surface area contributed by atoms with Crippen molar-refractivity contribution in [1.29, 1.82) is 0 Å². The average Bonchev–Trinajstić information content (AvgIpc) is 2.30. The summed E-state index contributed by atoms with van der Waals surface area (Å²) in [4.78, 5) is 0. The predicted molar refractivity (Wildman–Crippen MR) is 55.8 cm³/mol. The second-order valence-electron chi connectivity index (χ2n) is 3.34. The molecule has 14 heavy (non-hydrogen) atoms. The Morgan fingerprint density at radius 2 is 2.07 bits per heavy atom. The minimum Gasteiger partial charge on any atom is -0.355 e. The Bertz CT molecular complexity index is 297. The topological polar surface area (TPSA) is 18.5 Å². The van der Waals surface area contributed by atoms with E-state index in [1.54, 1.807) is 0 Å². The molecule has 0 spiro atoms. The zero-order chi connectivity index (χ0) is 9.80. The van der Waals surface area contributed by atoms with Gasteiger partial charge in [-0.3, -0.25) is 0 Å². The van der Waals surface area contributed by atoms with E-state index < -0.39 is 0 Å². The molecule has 0 saturated carbocycles. The normalized spacial score (nSPS) is 21.9. The van der Waals surface area contributed by atoms with E-state index in [1.807, 2.05) is 6.08 Å². The largest absolute Gasteiger partial charge is 0.355 e. The molecule has 74 valence electrons. The van der Waals surface area contributed by atoms with Gasteiger partial charge in [-0.2, -0.15) is 0 Å². The van der Waals surface area contributed by atoms with E-state index in [2.05, 4.69) is 30.8 Å². The number of rotatable bonds is 2. The summed E-state index contributed by atoms with van der Waals surface area (Å²) < 4.78 is 10.6. The van der Waals surface area contributed by atoms with Gasteiger partial charge in [0.25, 0.3) is 0 Å². The lowest BCUT2D eigenvalue weighted by Crippen LogP contribution is -2.16. The number of benzene rings is 1. The van der Waals surface area contributed by atoms with Gasteiger partial charge in [-0.1, -0.05) is 36.9 Å². The Labute approximate surface area is 84.2 Å². The van der Waals surface area contributed by atoms with Crippen LogP contribution in [-0.2, 0) is 9.47 Å². The van der Waals surface area contributed by atoms with Gasteiger partial charge < -0.3 is 9.47 Å². The van der Waals surface area contributed by atoms with E-state index in [0.29, 0.717) is 6.79 Å². The minimum absolute atomic E-state index is 0.197. The van der Waals surface area contributed by atoms with Crippen LogP contribution in [0.3, 0.4) is 0 Å². The van der Waals surface area contributed by atoms with Gasteiger partial charge >= 0.3 is 0 Å². The molecule has 0 radical (unpaired) electrons. The van der Waals surface area contributed by atoms with Gasteiger partial charge in [-0.15, -0.1) is 0 Å². The van der Waals surface area contributed by atoms with Crippen LogP contribution in [0.1, 0.15) is 23.7 Å². The van der Waals surface area contributed by atoms with Crippen molar-refractivity contribution >= 4 is 6.08 Å². The molecule has 1 atom stereocenters. The molecule has 1 fully saturated rings. The van der Waals surface area contributed by atoms with Crippen molar-refractivity contribution in [2.45, 2.75) is 12.5 Å². The van der Waals surface area contributed by atoms with Gasteiger partial charge in [0.05, 0.1) is 12.7 Å². The molecule has 1 saturated heterocycles. The average molecular weight is 190 g/mol. The standard InChI is InChI=1S/C12H14O2/c1-2-10-3-5-11(6-4-10)12-7-8-13-9-14-12/h2-6,12H,1,7-9H2. The molecule has 1 aromatic rings. The van der Waals surface area contributed by atoms with E-state index in [4.69, 9.17) is 9.47 Å². The molecular weight excluding hydrogens is 176 g/mol. The van der Waals surface area contributed by atoms with Crippen LogP contribution in [0.15, 0.2) is 30.8 Å². The highest BCUT2D eigenvalue weighted by atomic mass is 16.7. The molecule has 2 nitrogen and oxygen atoms in total. The highest BCUT2D eigenvalue weighted by Crippen LogP contribution is 2.24. The van der Waals surface area contributed by atoms with E-state index in [9.17, 15) is 0 Å². The van der Waals surface area contributed by atoms with Crippen molar-refractivity contribution in [3.05, 3.63) is 42.0 Å². The Kier molecular flexibility index (Phi) is 2.96. The molecule has 0 aliphatic carbocycles. The summed E-state index contributed by atoms with van der Waals surface area (Å²) >= 11 is 0. The third-order valence-corrected chi connectivity index (χ3v) is 2.42. The molecule has 2 heteroatoms. The molecule has 1 aromatic carbocycles. The number of hydrogen-bond acceptors (Lipinski definition) is 2. The molecular formula is C12H14O2. The fraction of sp³-hybridized carbons (Fsp3) is 0.333. The third kappa shape index (κ3) is 2.03. The molecule has 1 heterocycles. The molecule has 0 N–H and O–H groups in total. The number of ether oxygens (including phenoxy) is 2. The SMILES string of the molecule is C=Cc1ccc(C2CCOCO2)cc1. The summed E-state index contributed by atoms with van der Waals surface area (Å²) in [5.74, 6) is 0. The smallest absolute Gasteiger partial charge is 0.147 e. The first-order chi connectivity index (χ1) is 6.90. The second kappa shape index (κ2) is 4.40. The summed E-state index contributed by atoms with van der Waals surface area (Å²) in [7, 11) is 0. The van der Waals surface area contributed by atoms with Gasteiger partial charge in [0.15, 0.2) is 0 Å². The zero-order valence-corrected chi connectivity index (χ0v) is 8.11. The third-order valence-electron chi connectivity index (χ3n) is 2.42. The molecule has 0 aromatic heterocycles. The molecule has 1 aliphatic rings. The monoisotopic (exact) mass is 190 g/mol. The van der Waals surface area contributed by atoms with Crippen molar-refractivity contribution in [3.63, 3.8) is 0 Å². The maximum Gasteiger partial charge on any atom is 0.147 e. The first-order valence-corrected chi connectivity index (χ1v) is 4.82. The van der Waals surface area contributed by atoms with Gasteiger partial charge in [0, 0.05) is 6.42 Å². The quantitative estimate of drug-likeness (QED) is 0.714. The van der Waals surface area contributed by atoms with Gasteiger partial charge in [0.1, 0.15) is 6.79 Å². The highest BCUT2D eigenvalue weighted by molar-refractivity contribution is 5.47. The summed E-state index contributed by atoms with van der Waals surface area (Å²) in [6.07, 6.45) is 2.98. The van der Waals surface area contributed by atoms with E-state index in [0.717, 1.165) is 18.6 Å². The molecule has 2 rings (SSSR count). The van der Waals surface area contributed by atoms with Crippen LogP contribution in [-0.4, -0.2) is 13.4 Å². The highest BCUT2D eigenvalue weighted by Gasteiger charge is 2.15. The Hall–Kier alpha value is -1.12. The first kappa shape index (κ1) is 9.44.